The van der Waals surface area contributed by atoms with E-state index in [9.17, 15) is 27.6 Å². The highest BCUT2D eigenvalue weighted by Gasteiger charge is 2.24. The van der Waals surface area contributed by atoms with E-state index in [0.29, 0.717) is 17.5 Å². The molecule has 1 amide bonds. The SMILES string of the molecule is CCc1cc(C(F)F)c(OCc2c(C(F)F)cccc2N(O)C(=O)OC)cc1C. The maximum atomic E-state index is 13.5. The van der Waals surface area contributed by atoms with Crippen molar-refractivity contribution in [3.63, 3.8) is 0 Å². The fourth-order valence-electron chi connectivity index (χ4n) is 2.91. The monoisotopic (exact) mass is 415 g/mol. The number of hydrogen-bond donors (Lipinski definition) is 1. The fraction of sp³-hybridized carbons (Fsp3) is 0.350. The second-order valence-electron chi connectivity index (χ2n) is 6.19. The zero-order valence-corrected chi connectivity index (χ0v) is 16.1. The van der Waals surface area contributed by atoms with Gasteiger partial charge in [0.15, 0.2) is 0 Å². The van der Waals surface area contributed by atoms with Crippen molar-refractivity contribution in [2.24, 2.45) is 0 Å². The molecule has 0 saturated carbocycles. The number of rotatable bonds is 7. The number of carbonyl (C=O) groups excluding carboxylic acids is 1. The Labute approximate surface area is 165 Å². The molecule has 2 aromatic rings. The molecule has 0 atom stereocenters. The van der Waals surface area contributed by atoms with Gasteiger partial charge in [0.1, 0.15) is 12.4 Å². The Morgan fingerprint density at radius 2 is 1.79 bits per heavy atom. The Hall–Kier alpha value is -2.81. The van der Waals surface area contributed by atoms with Crippen molar-refractivity contribution in [3.8, 4) is 5.75 Å². The quantitative estimate of drug-likeness (QED) is 0.344. The molecule has 0 aliphatic carbocycles. The molecule has 0 radical (unpaired) electrons. The molecule has 2 aromatic carbocycles. The number of aryl methyl sites for hydroxylation is 2. The Morgan fingerprint density at radius 1 is 1.14 bits per heavy atom. The lowest BCUT2D eigenvalue weighted by Gasteiger charge is -2.21. The Bertz CT molecular complexity index is 874. The van der Waals surface area contributed by atoms with Gasteiger partial charge in [0.25, 0.3) is 12.9 Å². The molecule has 1 N–H and O–H groups in total. The maximum Gasteiger partial charge on any atom is 0.438 e. The van der Waals surface area contributed by atoms with Gasteiger partial charge >= 0.3 is 6.09 Å². The van der Waals surface area contributed by atoms with Crippen LogP contribution < -0.4 is 9.80 Å². The number of hydrogen-bond acceptors (Lipinski definition) is 4. The van der Waals surface area contributed by atoms with Crippen molar-refractivity contribution in [1.82, 2.24) is 0 Å². The highest BCUT2D eigenvalue weighted by molar-refractivity contribution is 5.86. The Morgan fingerprint density at radius 3 is 2.34 bits per heavy atom. The number of methoxy groups -OCH3 is 1. The first kappa shape index (κ1) is 22.5. The van der Waals surface area contributed by atoms with Crippen molar-refractivity contribution >= 4 is 11.8 Å². The summed E-state index contributed by atoms with van der Waals surface area (Å²) in [6, 6.07) is 6.26. The zero-order valence-electron chi connectivity index (χ0n) is 16.1. The molecule has 0 aliphatic heterocycles. The summed E-state index contributed by atoms with van der Waals surface area (Å²) in [5, 5.41) is 10.0. The van der Waals surface area contributed by atoms with Gasteiger partial charge in [0.2, 0.25) is 0 Å². The molecule has 5 nitrogen and oxygen atoms in total. The number of alkyl halides is 4. The molecule has 0 aliphatic rings. The first-order chi connectivity index (χ1) is 13.7. The van der Waals surface area contributed by atoms with Crippen molar-refractivity contribution in [1.29, 1.82) is 0 Å². The van der Waals surface area contributed by atoms with E-state index in [-0.39, 0.29) is 27.6 Å². The van der Waals surface area contributed by atoms with Crippen molar-refractivity contribution < 1.29 is 37.0 Å². The predicted molar refractivity (Wildman–Crippen MR) is 97.9 cm³/mol. The minimum Gasteiger partial charge on any atom is -0.488 e. The van der Waals surface area contributed by atoms with Crippen molar-refractivity contribution in [2.75, 3.05) is 12.2 Å². The van der Waals surface area contributed by atoms with Gasteiger partial charge in [-0.2, -0.15) is 5.06 Å². The van der Waals surface area contributed by atoms with Gasteiger partial charge in [-0.1, -0.05) is 19.1 Å². The van der Waals surface area contributed by atoms with Gasteiger partial charge in [0.05, 0.1) is 18.4 Å². The summed E-state index contributed by atoms with van der Waals surface area (Å²) in [5.41, 5.74) is 0.0347. The van der Waals surface area contributed by atoms with Gasteiger partial charge in [-0.15, -0.1) is 0 Å². The molecule has 0 spiro atoms. The first-order valence-corrected chi connectivity index (χ1v) is 8.72. The standard InChI is InChI=1S/C20H21F4NO4/c1-4-12-9-14(19(23)24)17(8-11(12)2)29-10-15-13(18(21)22)6-5-7-16(15)25(27)20(26)28-3/h5-9,18-19,27H,4,10H2,1-3H3. The Kier molecular flexibility index (Phi) is 7.44. The van der Waals surface area contributed by atoms with Crippen molar-refractivity contribution in [2.45, 2.75) is 39.7 Å². The van der Waals surface area contributed by atoms with E-state index in [1.807, 2.05) is 6.92 Å². The van der Waals surface area contributed by atoms with Crippen LogP contribution in [0.15, 0.2) is 30.3 Å². The van der Waals surface area contributed by atoms with Crippen LogP contribution >= 0.6 is 0 Å². The zero-order chi connectivity index (χ0) is 21.7. The van der Waals surface area contributed by atoms with Crippen LogP contribution in [0.25, 0.3) is 0 Å². The summed E-state index contributed by atoms with van der Waals surface area (Å²) >= 11 is 0. The van der Waals surface area contributed by atoms with E-state index in [2.05, 4.69) is 4.74 Å². The summed E-state index contributed by atoms with van der Waals surface area (Å²) in [7, 11) is 1.01. The predicted octanol–water partition coefficient (Wildman–Crippen LogP) is 5.97. The average Bonchev–Trinajstić information content (AvgIpc) is 2.70. The normalized spacial score (nSPS) is 11.1. The summed E-state index contributed by atoms with van der Waals surface area (Å²) in [4.78, 5) is 11.6. The van der Waals surface area contributed by atoms with Crippen molar-refractivity contribution in [3.05, 3.63) is 58.1 Å². The third kappa shape index (κ3) is 4.97. The molecule has 0 heterocycles. The fourth-order valence-corrected chi connectivity index (χ4v) is 2.91. The van der Waals surface area contributed by atoms with Gasteiger partial charge in [-0.25, -0.2) is 22.4 Å². The lowest BCUT2D eigenvalue weighted by molar-refractivity contribution is 0.136. The Balaban J connectivity index is 2.47. The molecule has 0 saturated heterocycles. The van der Waals surface area contributed by atoms with Crippen LogP contribution in [0.1, 0.15) is 47.6 Å². The van der Waals surface area contributed by atoms with E-state index in [1.54, 1.807) is 6.92 Å². The van der Waals surface area contributed by atoms with E-state index < -0.39 is 31.1 Å². The molecule has 2 rings (SSSR count). The molecular formula is C20H21F4NO4. The smallest absolute Gasteiger partial charge is 0.438 e. The van der Waals surface area contributed by atoms with Crippen LogP contribution in [0.3, 0.4) is 0 Å². The highest BCUT2D eigenvalue weighted by Crippen LogP contribution is 2.35. The maximum absolute atomic E-state index is 13.5. The minimum absolute atomic E-state index is 0.0596. The third-order valence-corrected chi connectivity index (χ3v) is 4.45. The molecule has 158 valence electrons. The van der Waals surface area contributed by atoms with Gasteiger partial charge in [-0.05, 0) is 42.7 Å². The highest BCUT2D eigenvalue weighted by atomic mass is 19.3. The average molecular weight is 415 g/mol. The molecule has 0 unspecified atom stereocenters. The number of carbonyl (C=O) groups is 1. The second-order valence-corrected chi connectivity index (χ2v) is 6.19. The summed E-state index contributed by atoms with van der Waals surface area (Å²) < 4.78 is 63.7. The summed E-state index contributed by atoms with van der Waals surface area (Å²) in [5.74, 6) is -0.160. The number of nitrogens with zero attached hydrogens (tertiary/aromatic N) is 1. The first-order valence-electron chi connectivity index (χ1n) is 8.72. The molecular weight excluding hydrogens is 394 g/mol. The van der Waals surface area contributed by atoms with E-state index in [1.165, 1.54) is 24.3 Å². The lowest BCUT2D eigenvalue weighted by Crippen LogP contribution is -2.28. The number of halogens is 4. The van der Waals surface area contributed by atoms with Crippen LogP contribution in [-0.2, 0) is 17.8 Å². The summed E-state index contributed by atoms with van der Waals surface area (Å²) in [6.45, 7) is 2.98. The van der Waals surface area contributed by atoms with Gasteiger partial charge in [-0.3, -0.25) is 5.21 Å². The van der Waals surface area contributed by atoms with Gasteiger partial charge in [0, 0.05) is 11.1 Å². The lowest BCUT2D eigenvalue weighted by atomic mass is 10.0. The molecule has 29 heavy (non-hydrogen) atoms. The van der Waals surface area contributed by atoms with E-state index in [0.717, 1.165) is 13.2 Å². The van der Waals surface area contributed by atoms with Crippen LogP contribution in [0.4, 0.5) is 28.0 Å². The number of hydroxylamine groups is 1. The number of amides is 1. The summed E-state index contributed by atoms with van der Waals surface area (Å²) in [6.07, 6.45) is -6.43. The number of benzene rings is 2. The molecule has 0 fully saturated rings. The van der Waals surface area contributed by atoms with E-state index >= 15 is 0 Å². The number of ether oxygens (including phenoxy) is 2. The van der Waals surface area contributed by atoms with Crippen LogP contribution in [-0.4, -0.2) is 18.4 Å². The van der Waals surface area contributed by atoms with Crippen LogP contribution in [0, 0.1) is 6.92 Å². The number of anilines is 1. The largest absolute Gasteiger partial charge is 0.488 e. The van der Waals surface area contributed by atoms with Crippen LogP contribution in [0.2, 0.25) is 0 Å². The minimum atomic E-state index is -2.95. The van der Waals surface area contributed by atoms with Crippen LogP contribution in [0.5, 0.6) is 5.75 Å². The van der Waals surface area contributed by atoms with E-state index in [4.69, 9.17) is 4.74 Å². The van der Waals surface area contributed by atoms with Gasteiger partial charge < -0.3 is 9.47 Å². The topological polar surface area (TPSA) is 59.0 Å². The molecule has 9 heteroatoms. The second kappa shape index (κ2) is 9.60. The molecule has 0 bridgehead atoms. The third-order valence-electron chi connectivity index (χ3n) is 4.45. The molecule has 0 aromatic heterocycles.